The van der Waals surface area contributed by atoms with Gasteiger partial charge in [0.15, 0.2) is 0 Å². The summed E-state index contributed by atoms with van der Waals surface area (Å²) in [4.78, 5) is 4.77. The number of hydrogen-bond acceptors (Lipinski definition) is 6. The lowest BCUT2D eigenvalue weighted by Crippen LogP contribution is -2.21. The number of rotatable bonds is 11. The maximum absolute atomic E-state index is 12.1. The van der Waals surface area contributed by atoms with E-state index in [0.717, 1.165) is 41.0 Å². The molecule has 0 bridgehead atoms. The molecular weight excluding hydrogens is 452 g/mol. The van der Waals surface area contributed by atoms with Crippen LogP contribution in [0.15, 0.2) is 65.7 Å². The van der Waals surface area contributed by atoms with E-state index in [4.69, 9.17) is 9.72 Å². The van der Waals surface area contributed by atoms with E-state index in [9.17, 15) is 14.6 Å². The van der Waals surface area contributed by atoms with Gasteiger partial charge in [-0.1, -0.05) is 43.7 Å². The van der Waals surface area contributed by atoms with E-state index < -0.39 is 16.9 Å². The monoisotopic (exact) mass is 480 g/mol. The maximum Gasteiger partial charge on any atom is 0.118 e. The van der Waals surface area contributed by atoms with Crippen LogP contribution in [0.4, 0.5) is 0 Å². The van der Waals surface area contributed by atoms with Crippen molar-refractivity contribution in [3.05, 3.63) is 66.2 Å². The van der Waals surface area contributed by atoms with E-state index in [1.165, 1.54) is 11.8 Å². The van der Waals surface area contributed by atoms with Gasteiger partial charge in [-0.3, -0.25) is 4.21 Å². The van der Waals surface area contributed by atoms with E-state index in [1.54, 1.807) is 7.11 Å². The van der Waals surface area contributed by atoms with E-state index >= 15 is 0 Å². The lowest BCUT2D eigenvalue weighted by molar-refractivity contribution is 0.224. The van der Waals surface area contributed by atoms with E-state index in [2.05, 4.69) is 13.0 Å². The summed E-state index contributed by atoms with van der Waals surface area (Å²) in [5.41, 5.74) is 3.83. The van der Waals surface area contributed by atoms with Crippen LogP contribution in [0.25, 0.3) is 22.4 Å². The molecule has 2 unspecified atom stereocenters. The van der Waals surface area contributed by atoms with Gasteiger partial charge in [0.1, 0.15) is 16.8 Å². The summed E-state index contributed by atoms with van der Waals surface area (Å²) in [6.45, 7) is 2.05. The molecule has 5 nitrogen and oxygen atoms in total. The molecule has 0 aliphatic carbocycles. The van der Waals surface area contributed by atoms with Crippen LogP contribution >= 0.6 is 11.8 Å². The second kappa shape index (κ2) is 12.5. The fourth-order valence-electron chi connectivity index (χ4n) is 3.32. The van der Waals surface area contributed by atoms with Gasteiger partial charge >= 0.3 is 0 Å². The molecule has 0 saturated heterocycles. The third-order valence-corrected chi connectivity index (χ3v) is 7.71. The Morgan fingerprint density at radius 1 is 1.15 bits per heavy atom. The number of unbranched alkanes of at least 4 members (excludes halogenated alkanes) is 1. The Labute approximate surface area is 202 Å². The highest BCUT2D eigenvalue weighted by atomic mass is 32.2. The normalized spacial score (nSPS) is 12.7. The van der Waals surface area contributed by atoms with Crippen molar-refractivity contribution in [1.29, 1.82) is 5.26 Å². The average molecular weight is 481 g/mol. The number of aromatic nitrogens is 1. The van der Waals surface area contributed by atoms with Gasteiger partial charge in [-0.2, -0.15) is 5.26 Å². The number of thioether (sulfide) groups is 1. The number of hydrogen-bond donors (Lipinski definition) is 1. The lowest BCUT2D eigenvalue weighted by Gasteiger charge is -2.14. The van der Waals surface area contributed by atoms with Crippen LogP contribution in [0.1, 0.15) is 25.3 Å². The maximum atomic E-state index is 12.1. The summed E-state index contributed by atoms with van der Waals surface area (Å²) in [7, 11) is 0.576. The Hall–Kier alpha value is -2.66. The SMILES string of the molecule is CCCCS(=O)CC(O)CSc1nc(-c2ccc(OC)cc2)cc(-c2ccccc2)c1C#N. The van der Waals surface area contributed by atoms with Crippen LogP contribution in [0.3, 0.4) is 0 Å². The first-order chi connectivity index (χ1) is 16.0. The van der Waals surface area contributed by atoms with Gasteiger partial charge in [-0.15, -0.1) is 11.8 Å². The zero-order valence-corrected chi connectivity index (χ0v) is 20.5. The minimum atomic E-state index is -1.05. The number of aliphatic hydroxyl groups is 1. The molecule has 0 saturated carbocycles. The first-order valence-electron chi connectivity index (χ1n) is 10.9. The molecule has 3 aromatic rings. The van der Waals surface area contributed by atoms with E-state index in [-0.39, 0.29) is 5.75 Å². The predicted octanol–water partition coefficient (Wildman–Crippen LogP) is 5.30. The van der Waals surface area contributed by atoms with Gasteiger partial charge in [0, 0.05) is 33.4 Å². The van der Waals surface area contributed by atoms with Gasteiger partial charge in [-0.05, 0) is 42.3 Å². The average Bonchev–Trinajstić information content (AvgIpc) is 2.86. The van der Waals surface area contributed by atoms with Crippen molar-refractivity contribution in [3.8, 4) is 34.2 Å². The van der Waals surface area contributed by atoms with Crippen molar-refractivity contribution >= 4 is 22.6 Å². The molecule has 3 rings (SSSR count). The van der Waals surface area contributed by atoms with Crippen molar-refractivity contribution in [3.63, 3.8) is 0 Å². The molecule has 172 valence electrons. The second-order valence-corrected chi connectivity index (χ2v) is 10.2. The largest absolute Gasteiger partial charge is 0.497 e. The molecule has 33 heavy (non-hydrogen) atoms. The van der Waals surface area contributed by atoms with Crippen molar-refractivity contribution in [2.75, 3.05) is 24.4 Å². The van der Waals surface area contributed by atoms with Crippen molar-refractivity contribution in [1.82, 2.24) is 4.98 Å². The lowest BCUT2D eigenvalue weighted by atomic mass is 9.99. The zero-order valence-electron chi connectivity index (χ0n) is 18.9. The number of pyridine rings is 1. The zero-order chi connectivity index (χ0) is 23.6. The third kappa shape index (κ3) is 6.91. The van der Waals surface area contributed by atoms with E-state index in [0.29, 0.717) is 22.1 Å². The number of benzene rings is 2. The summed E-state index contributed by atoms with van der Waals surface area (Å²) >= 11 is 1.33. The van der Waals surface area contributed by atoms with Crippen molar-refractivity contribution in [2.45, 2.75) is 30.9 Å². The van der Waals surface area contributed by atoms with Crippen LogP contribution in [-0.2, 0) is 10.8 Å². The van der Waals surface area contributed by atoms with Crippen LogP contribution in [-0.4, -0.2) is 44.8 Å². The highest BCUT2D eigenvalue weighted by Crippen LogP contribution is 2.34. The molecule has 0 aliphatic rings. The minimum absolute atomic E-state index is 0.235. The fourth-order valence-corrected chi connectivity index (χ4v) is 5.72. The van der Waals surface area contributed by atoms with Gasteiger partial charge < -0.3 is 9.84 Å². The van der Waals surface area contributed by atoms with Crippen LogP contribution in [0.5, 0.6) is 5.75 Å². The molecule has 1 heterocycles. The molecule has 0 spiro atoms. The Balaban J connectivity index is 1.93. The highest BCUT2D eigenvalue weighted by Gasteiger charge is 2.18. The second-order valence-electron chi connectivity index (χ2n) is 7.57. The number of aliphatic hydroxyl groups excluding tert-OH is 1. The number of methoxy groups -OCH3 is 1. The van der Waals surface area contributed by atoms with Crippen LogP contribution < -0.4 is 4.74 Å². The predicted molar refractivity (Wildman–Crippen MR) is 136 cm³/mol. The minimum Gasteiger partial charge on any atom is -0.497 e. The molecule has 1 N–H and O–H groups in total. The van der Waals surface area contributed by atoms with Crippen molar-refractivity contribution in [2.24, 2.45) is 0 Å². The number of nitrogens with zero attached hydrogens (tertiary/aromatic N) is 2. The highest BCUT2D eigenvalue weighted by molar-refractivity contribution is 7.99. The summed E-state index contributed by atoms with van der Waals surface area (Å²) in [6.07, 6.45) is 1.13. The van der Waals surface area contributed by atoms with Gasteiger partial charge in [0.25, 0.3) is 0 Å². The molecule has 1 aromatic heterocycles. The van der Waals surface area contributed by atoms with Crippen LogP contribution in [0, 0.1) is 11.3 Å². The number of ether oxygens (including phenoxy) is 1. The Bertz CT molecular complexity index is 1110. The fraction of sp³-hybridized carbons (Fsp3) is 0.308. The first-order valence-corrected chi connectivity index (χ1v) is 13.3. The quantitative estimate of drug-likeness (QED) is 0.375. The standard InChI is InChI=1S/C26H28N2O3S2/c1-3-4-14-33(30)18-21(29)17-32-26-24(16-27)23(19-8-6-5-7-9-19)15-25(28-26)20-10-12-22(31-2)13-11-20/h5-13,15,21,29H,3-4,14,17-18H2,1-2H3. The van der Waals surface area contributed by atoms with Gasteiger partial charge in [-0.25, -0.2) is 4.98 Å². The molecule has 2 atom stereocenters. The molecule has 0 fully saturated rings. The summed E-state index contributed by atoms with van der Waals surface area (Å²) in [6, 6.07) is 21.6. The van der Waals surface area contributed by atoms with Gasteiger partial charge in [0.2, 0.25) is 0 Å². The topological polar surface area (TPSA) is 83.2 Å². The molecule has 0 radical (unpaired) electrons. The Morgan fingerprint density at radius 3 is 2.52 bits per heavy atom. The molecule has 0 aliphatic heterocycles. The summed E-state index contributed by atoms with van der Waals surface area (Å²) in [5.74, 6) is 1.91. The first kappa shape index (κ1) is 25.0. The number of nitriles is 1. The molecular formula is C26H28N2O3S2. The Morgan fingerprint density at radius 2 is 1.88 bits per heavy atom. The molecule has 7 heteroatoms. The smallest absolute Gasteiger partial charge is 0.118 e. The summed E-state index contributed by atoms with van der Waals surface area (Å²) < 4.78 is 17.4. The van der Waals surface area contributed by atoms with Gasteiger partial charge in [0.05, 0.1) is 30.2 Å². The third-order valence-electron chi connectivity index (χ3n) is 5.08. The molecule has 0 amide bonds. The Kier molecular flexibility index (Phi) is 9.49. The van der Waals surface area contributed by atoms with E-state index in [1.807, 2.05) is 60.7 Å². The van der Waals surface area contributed by atoms with Crippen molar-refractivity contribution < 1.29 is 14.1 Å². The summed E-state index contributed by atoms with van der Waals surface area (Å²) in [5, 5.41) is 21.0. The van der Waals surface area contributed by atoms with Crippen LogP contribution in [0.2, 0.25) is 0 Å². The molecule has 2 aromatic carbocycles.